The second-order valence-corrected chi connectivity index (χ2v) is 8.73. The molecule has 1 aromatic carbocycles. The molecule has 0 spiro atoms. The summed E-state index contributed by atoms with van der Waals surface area (Å²) in [5.74, 6) is 1.49. The van der Waals surface area contributed by atoms with Gasteiger partial charge < -0.3 is 15.1 Å². The van der Waals surface area contributed by atoms with Gasteiger partial charge in [0.2, 0.25) is 11.8 Å². The smallest absolute Gasteiger partial charge is 0.228 e. The van der Waals surface area contributed by atoms with Crippen molar-refractivity contribution in [1.82, 2.24) is 10.2 Å². The van der Waals surface area contributed by atoms with Gasteiger partial charge in [0.05, 0.1) is 5.92 Å². The van der Waals surface area contributed by atoms with Crippen LogP contribution >= 0.6 is 0 Å². The Labute approximate surface area is 162 Å². The van der Waals surface area contributed by atoms with Crippen molar-refractivity contribution in [3.05, 3.63) is 28.8 Å². The van der Waals surface area contributed by atoms with E-state index in [0.717, 1.165) is 55.8 Å². The highest BCUT2D eigenvalue weighted by molar-refractivity contribution is 6.01. The van der Waals surface area contributed by atoms with E-state index in [1.165, 1.54) is 5.56 Å². The Morgan fingerprint density at radius 1 is 1.04 bits per heavy atom. The largest absolute Gasteiger partial charge is 0.342 e. The van der Waals surface area contributed by atoms with Crippen molar-refractivity contribution in [2.75, 3.05) is 37.6 Å². The SMILES string of the molecule is Cc1cc(C)c(N2CC(C(=O)N3CC[C@@H]4CNC[C@@H]4CC3)CC2=O)c(C)c1. The number of hydrogen-bond acceptors (Lipinski definition) is 3. The number of amides is 2. The number of likely N-dealkylation sites (tertiary alicyclic amines) is 1. The van der Waals surface area contributed by atoms with Crippen LogP contribution in [0.2, 0.25) is 0 Å². The highest BCUT2D eigenvalue weighted by Gasteiger charge is 2.39. The Kier molecular flexibility index (Phi) is 4.97. The summed E-state index contributed by atoms with van der Waals surface area (Å²) >= 11 is 0. The third-order valence-electron chi connectivity index (χ3n) is 6.71. The zero-order valence-corrected chi connectivity index (χ0v) is 16.8. The van der Waals surface area contributed by atoms with E-state index >= 15 is 0 Å². The molecule has 1 N–H and O–H groups in total. The summed E-state index contributed by atoms with van der Waals surface area (Å²) in [4.78, 5) is 29.8. The van der Waals surface area contributed by atoms with Gasteiger partial charge >= 0.3 is 0 Å². The average Bonchev–Trinajstić information content (AvgIpc) is 3.15. The maximum atomic E-state index is 13.2. The number of fused-ring (bicyclic) bond motifs is 1. The van der Waals surface area contributed by atoms with Gasteiger partial charge in [0, 0.05) is 31.7 Å². The molecule has 2 amide bonds. The molecule has 0 aliphatic carbocycles. The number of carbonyl (C=O) groups excluding carboxylic acids is 2. The van der Waals surface area contributed by atoms with E-state index in [1.807, 2.05) is 9.80 Å². The standard InChI is InChI=1S/C22H31N3O2/c1-14-8-15(2)21(16(3)9-14)25-13-19(10-20(25)26)22(27)24-6-4-17-11-23-12-18(17)5-7-24/h8-9,17-19,23H,4-7,10-13H2,1-3H3/t17-,18+,19?. The summed E-state index contributed by atoms with van der Waals surface area (Å²) in [7, 11) is 0. The first-order valence-electron chi connectivity index (χ1n) is 10.3. The minimum atomic E-state index is -0.200. The summed E-state index contributed by atoms with van der Waals surface area (Å²) in [6.07, 6.45) is 2.52. The first kappa shape index (κ1) is 18.5. The molecule has 1 aromatic rings. The highest BCUT2D eigenvalue weighted by Crippen LogP contribution is 2.33. The monoisotopic (exact) mass is 369 g/mol. The Bertz CT molecular complexity index is 723. The second kappa shape index (κ2) is 7.27. The number of aryl methyl sites for hydroxylation is 3. The average molecular weight is 370 g/mol. The molecule has 27 heavy (non-hydrogen) atoms. The fourth-order valence-electron chi connectivity index (χ4n) is 5.38. The van der Waals surface area contributed by atoms with Gasteiger partial charge in [-0.3, -0.25) is 9.59 Å². The molecule has 3 aliphatic heterocycles. The molecule has 4 rings (SSSR count). The molecule has 3 heterocycles. The zero-order chi connectivity index (χ0) is 19.1. The summed E-state index contributed by atoms with van der Waals surface area (Å²) in [6.45, 7) is 10.6. The number of benzene rings is 1. The molecular weight excluding hydrogens is 338 g/mol. The lowest BCUT2D eigenvalue weighted by Gasteiger charge is -2.25. The number of anilines is 1. The van der Waals surface area contributed by atoms with Gasteiger partial charge in [0.15, 0.2) is 0 Å². The zero-order valence-electron chi connectivity index (χ0n) is 16.8. The summed E-state index contributed by atoms with van der Waals surface area (Å²) in [5.41, 5.74) is 4.43. The molecule has 146 valence electrons. The minimum Gasteiger partial charge on any atom is -0.342 e. The van der Waals surface area contributed by atoms with Crippen LogP contribution in [0.3, 0.4) is 0 Å². The molecule has 3 saturated heterocycles. The Morgan fingerprint density at radius 3 is 2.22 bits per heavy atom. The van der Waals surface area contributed by atoms with Crippen LogP contribution in [0.25, 0.3) is 0 Å². The van der Waals surface area contributed by atoms with Crippen molar-refractivity contribution in [1.29, 1.82) is 0 Å². The summed E-state index contributed by atoms with van der Waals surface area (Å²) in [5, 5.41) is 3.48. The molecule has 3 atom stereocenters. The normalized spacial score (nSPS) is 28.4. The number of nitrogens with zero attached hydrogens (tertiary/aromatic N) is 2. The molecular formula is C22H31N3O2. The number of nitrogens with one attached hydrogen (secondary N) is 1. The molecule has 3 fully saturated rings. The quantitative estimate of drug-likeness (QED) is 0.871. The van der Waals surface area contributed by atoms with E-state index in [0.29, 0.717) is 24.8 Å². The molecule has 0 radical (unpaired) electrons. The van der Waals surface area contributed by atoms with E-state index in [9.17, 15) is 9.59 Å². The Hall–Kier alpha value is -1.88. The van der Waals surface area contributed by atoms with Crippen molar-refractivity contribution < 1.29 is 9.59 Å². The predicted molar refractivity (Wildman–Crippen MR) is 107 cm³/mol. The maximum absolute atomic E-state index is 13.2. The first-order chi connectivity index (χ1) is 12.9. The Balaban J connectivity index is 1.47. The van der Waals surface area contributed by atoms with Crippen LogP contribution in [-0.2, 0) is 9.59 Å². The van der Waals surface area contributed by atoms with Gasteiger partial charge in [-0.05, 0) is 69.7 Å². The highest BCUT2D eigenvalue weighted by atomic mass is 16.2. The van der Waals surface area contributed by atoms with Crippen LogP contribution < -0.4 is 10.2 Å². The third-order valence-corrected chi connectivity index (χ3v) is 6.71. The van der Waals surface area contributed by atoms with Gasteiger partial charge in [0.25, 0.3) is 0 Å². The lowest BCUT2D eigenvalue weighted by atomic mass is 9.92. The minimum absolute atomic E-state index is 0.0827. The van der Waals surface area contributed by atoms with Gasteiger partial charge in [-0.1, -0.05) is 17.7 Å². The molecule has 5 nitrogen and oxygen atoms in total. The maximum Gasteiger partial charge on any atom is 0.228 e. The number of hydrogen-bond donors (Lipinski definition) is 1. The van der Waals surface area contributed by atoms with Crippen LogP contribution in [0.4, 0.5) is 5.69 Å². The van der Waals surface area contributed by atoms with Crippen molar-refractivity contribution >= 4 is 17.5 Å². The summed E-state index contributed by atoms with van der Waals surface area (Å²) in [6, 6.07) is 4.23. The fraction of sp³-hybridized carbons (Fsp3) is 0.636. The van der Waals surface area contributed by atoms with Crippen molar-refractivity contribution in [3.8, 4) is 0 Å². The topological polar surface area (TPSA) is 52.7 Å². The van der Waals surface area contributed by atoms with Crippen LogP contribution in [0, 0.1) is 38.5 Å². The second-order valence-electron chi connectivity index (χ2n) is 8.73. The Morgan fingerprint density at radius 2 is 1.63 bits per heavy atom. The molecule has 0 bridgehead atoms. The lowest BCUT2D eigenvalue weighted by Crippen LogP contribution is -2.38. The molecule has 0 aromatic heterocycles. The van der Waals surface area contributed by atoms with Crippen LogP contribution in [0.5, 0.6) is 0 Å². The van der Waals surface area contributed by atoms with Gasteiger partial charge in [-0.2, -0.15) is 0 Å². The number of carbonyl (C=O) groups is 2. The van der Waals surface area contributed by atoms with E-state index in [-0.39, 0.29) is 17.7 Å². The first-order valence-corrected chi connectivity index (χ1v) is 10.3. The number of rotatable bonds is 2. The van der Waals surface area contributed by atoms with E-state index < -0.39 is 0 Å². The lowest BCUT2D eigenvalue weighted by molar-refractivity contribution is -0.135. The van der Waals surface area contributed by atoms with Gasteiger partial charge in [0.1, 0.15) is 0 Å². The molecule has 1 unspecified atom stereocenters. The van der Waals surface area contributed by atoms with Gasteiger partial charge in [-0.25, -0.2) is 0 Å². The molecule has 0 saturated carbocycles. The van der Waals surface area contributed by atoms with Crippen LogP contribution in [0.15, 0.2) is 12.1 Å². The molecule has 5 heteroatoms. The van der Waals surface area contributed by atoms with Crippen LogP contribution in [-0.4, -0.2) is 49.4 Å². The molecule has 3 aliphatic rings. The van der Waals surface area contributed by atoms with E-state index in [1.54, 1.807) is 0 Å². The van der Waals surface area contributed by atoms with E-state index in [2.05, 4.69) is 38.2 Å². The van der Waals surface area contributed by atoms with Crippen LogP contribution in [0.1, 0.15) is 36.0 Å². The summed E-state index contributed by atoms with van der Waals surface area (Å²) < 4.78 is 0. The fourth-order valence-corrected chi connectivity index (χ4v) is 5.38. The third kappa shape index (κ3) is 3.49. The van der Waals surface area contributed by atoms with Gasteiger partial charge in [-0.15, -0.1) is 0 Å². The van der Waals surface area contributed by atoms with Crippen molar-refractivity contribution in [2.45, 2.75) is 40.0 Å². The van der Waals surface area contributed by atoms with E-state index in [4.69, 9.17) is 0 Å². The predicted octanol–water partition coefficient (Wildman–Crippen LogP) is 2.42. The van der Waals surface area contributed by atoms with Crippen molar-refractivity contribution in [2.24, 2.45) is 17.8 Å². The van der Waals surface area contributed by atoms with Crippen molar-refractivity contribution in [3.63, 3.8) is 0 Å².